The van der Waals surface area contributed by atoms with Crippen LogP contribution in [-0.2, 0) is 16.0 Å². The molecule has 0 bridgehead atoms. The second-order valence-electron chi connectivity index (χ2n) is 11.0. The minimum Gasteiger partial charge on any atom is -0.388 e. The van der Waals surface area contributed by atoms with E-state index in [0.29, 0.717) is 34.1 Å². The van der Waals surface area contributed by atoms with Gasteiger partial charge in [-0.05, 0) is 68.4 Å². The third-order valence-corrected chi connectivity index (χ3v) is 8.62. The van der Waals surface area contributed by atoms with Gasteiger partial charge in [0.15, 0.2) is 5.65 Å². The van der Waals surface area contributed by atoms with Gasteiger partial charge in [-0.3, -0.25) is 5.41 Å². The lowest BCUT2D eigenvalue weighted by Gasteiger charge is -2.31. The highest BCUT2D eigenvalue weighted by Crippen LogP contribution is 2.40. The van der Waals surface area contributed by atoms with Crippen molar-refractivity contribution in [1.82, 2.24) is 19.5 Å². The number of imidazole rings is 1. The number of nitrogens with two attached hydrogens (primary N) is 1. The van der Waals surface area contributed by atoms with Crippen molar-refractivity contribution in [3.8, 4) is 11.3 Å². The zero-order valence-electron chi connectivity index (χ0n) is 22.9. The average Bonchev–Trinajstić information content (AvgIpc) is 3.31. The molecule has 0 saturated heterocycles. The van der Waals surface area contributed by atoms with E-state index in [-0.39, 0.29) is 11.9 Å². The van der Waals surface area contributed by atoms with Crippen molar-refractivity contribution in [3.05, 3.63) is 53.6 Å². The van der Waals surface area contributed by atoms with Gasteiger partial charge in [0, 0.05) is 24.2 Å². The predicted octanol–water partition coefficient (Wildman–Crippen LogP) is 6.83. The zero-order valence-corrected chi connectivity index (χ0v) is 23.7. The van der Waals surface area contributed by atoms with Gasteiger partial charge in [-0.2, -0.15) is 0 Å². The number of rotatable bonds is 8. The number of fused-ring (bicyclic) bond motifs is 1. The molecule has 2 aromatic heterocycles. The number of hydrogen-bond donors (Lipinski definition) is 2. The number of ether oxygens (including phenoxy) is 2. The summed E-state index contributed by atoms with van der Waals surface area (Å²) in [5.41, 5.74) is 7.69. The molecule has 0 spiro atoms. The molecule has 2 saturated carbocycles. The van der Waals surface area contributed by atoms with E-state index in [1.165, 1.54) is 19.3 Å². The van der Waals surface area contributed by atoms with Crippen LogP contribution in [0.3, 0.4) is 0 Å². The molecule has 2 heterocycles. The van der Waals surface area contributed by atoms with Crippen LogP contribution >= 0.6 is 11.6 Å². The third-order valence-electron chi connectivity index (χ3n) is 8.39. The maximum absolute atomic E-state index is 11.4. The topological polar surface area (TPSA) is 129 Å². The third kappa shape index (κ3) is 6.05. The van der Waals surface area contributed by atoms with Crippen LogP contribution in [0.4, 0.5) is 4.79 Å². The van der Waals surface area contributed by atoms with E-state index in [4.69, 9.17) is 42.2 Å². The average molecular weight is 565 g/mol. The Hall–Kier alpha value is -3.30. The lowest BCUT2D eigenvalue weighted by atomic mass is 9.82. The molecule has 10 heteroatoms. The predicted molar refractivity (Wildman–Crippen MR) is 155 cm³/mol. The number of nitrogens with zero attached hydrogens (tertiary/aromatic N) is 4. The van der Waals surface area contributed by atoms with Gasteiger partial charge in [0.05, 0.1) is 0 Å². The number of methoxy groups -OCH3 is 1. The standard InChI is InChI=1S/C30H37ClN6O3/c1-3-18-12-14-19(15-13-18)17-37-24-23(21-10-7-11-22(31)16-21)34-28(26(32)40-30(33)38)35-27(24)36-29(37)25(39-2)20-8-5-4-6-9-20/h3,7,10-11,16,18-20,25,32H,1,4-6,8-9,12-15,17H2,2H3,(H2,33,38). The molecular weight excluding hydrogens is 528 g/mol. The summed E-state index contributed by atoms with van der Waals surface area (Å²) in [5, 5.41) is 8.84. The minimum absolute atomic E-state index is 0.0735. The van der Waals surface area contributed by atoms with Gasteiger partial charge in [-0.25, -0.2) is 19.7 Å². The molecule has 9 nitrogen and oxygen atoms in total. The van der Waals surface area contributed by atoms with Crippen LogP contribution in [0.5, 0.6) is 0 Å². The molecule has 2 fully saturated rings. The van der Waals surface area contributed by atoms with Crippen LogP contribution in [0.2, 0.25) is 5.02 Å². The van der Waals surface area contributed by atoms with E-state index >= 15 is 0 Å². The van der Waals surface area contributed by atoms with Crippen LogP contribution in [-0.4, -0.2) is 38.6 Å². The first-order chi connectivity index (χ1) is 19.4. The van der Waals surface area contributed by atoms with Crippen molar-refractivity contribution in [2.75, 3.05) is 7.11 Å². The summed E-state index contributed by atoms with van der Waals surface area (Å²) in [5.74, 6) is 1.59. The molecule has 3 N–H and O–H groups in total. The smallest absolute Gasteiger partial charge is 0.388 e. The summed E-state index contributed by atoms with van der Waals surface area (Å²) < 4.78 is 13.3. The van der Waals surface area contributed by atoms with Crippen molar-refractivity contribution in [2.24, 2.45) is 23.5 Å². The summed E-state index contributed by atoms with van der Waals surface area (Å²) in [6.07, 6.45) is 11.0. The van der Waals surface area contributed by atoms with E-state index in [0.717, 1.165) is 62.0 Å². The van der Waals surface area contributed by atoms with Crippen LogP contribution < -0.4 is 5.73 Å². The van der Waals surface area contributed by atoms with Gasteiger partial charge < -0.3 is 19.8 Å². The summed E-state index contributed by atoms with van der Waals surface area (Å²) in [4.78, 5) is 25.8. The summed E-state index contributed by atoms with van der Waals surface area (Å²) >= 11 is 6.40. The first-order valence-corrected chi connectivity index (χ1v) is 14.5. The molecule has 1 amide bonds. The van der Waals surface area contributed by atoms with E-state index in [9.17, 15) is 4.79 Å². The number of halogens is 1. The van der Waals surface area contributed by atoms with Crippen LogP contribution in [0.1, 0.15) is 75.5 Å². The fourth-order valence-electron chi connectivity index (χ4n) is 6.35. The molecule has 40 heavy (non-hydrogen) atoms. The number of carbonyl (C=O) groups excluding carboxylic acids is 1. The number of amides is 1. The van der Waals surface area contributed by atoms with Crippen LogP contribution in [0.15, 0.2) is 36.9 Å². The summed E-state index contributed by atoms with van der Waals surface area (Å²) in [6, 6.07) is 7.40. The Balaban J connectivity index is 1.69. The molecule has 3 aromatic rings. The highest BCUT2D eigenvalue weighted by atomic mass is 35.5. The lowest BCUT2D eigenvalue weighted by Crippen LogP contribution is -2.24. The zero-order chi connectivity index (χ0) is 28.2. The summed E-state index contributed by atoms with van der Waals surface area (Å²) in [6.45, 7) is 4.76. The number of carbonyl (C=O) groups is 1. The van der Waals surface area contributed by atoms with Crippen molar-refractivity contribution in [2.45, 2.75) is 70.4 Å². The molecule has 2 aliphatic carbocycles. The molecular formula is C30H37ClN6O3. The highest BCUT2D eigenvalue weighted by Gasteiger charge is 2.33. The van der Waals surface area contributed by atoms with E-state index < -0.39 is 12.0 Å². The monoisotopic (exact) mass is 564 g/mol. The van der Waals surface area contributed by atoms with Crippen molar-refractivity contribution in [1.29, 1.82) is 5.41 Å². The second kappa shape index (κ2) is 12.5. The second-order valence-corrected chi connectivity index (χ2v) is 11.4. The van der Waals surface area contributed by atoms with Gasteiger partial charge in [-0.15, -0.1) is 6.58 Å². The van der Waals surface area contributed by atoms with Gasteiger partial charge >= 0.3 is 6.09 Å². The normalized spacial score (nSPS) is 20.8. The van der Waals surface area contributed by atoms with E-state index in [1.54, 1.807) is 13.2 Å². The van der Waals surface area contributed by atoms with Gasteiger partial charge in [-0.1, -0.05) is 49.1 Å². The quantitative estimate of drug-likeness (QED) is 0.175. The fourth-order valence-corrected chi connectivity index (χ4v) is 6.54. The van der Waals surface area contributed by atoms with Crippen molar-refractivity contribution >= 4 is 34.8 Å². The Morgan fingerprint density at radius 1 is 1.18 bits per heavy atom. The van der Waals surface area contributed by atoms with Gasteiger partial charge in [0.1, 0.15) is 23.1 Å². The highest BCUT2D eigenvalue weighted by molar-refractivity contribution is 6.30. The number of allylic oxidation sites excluding steroid dienone is 1. The first-order valence-electron chi connectivity index (χ1n) is 14.1. The molecule has 0 radical (unpaired) electrons. The van der Waals surface area contributed by atoms with E-state index in [1.807, 2.05) is 18.2 Å². The molecule has 1 atom stereocenters. The van der Waals surface area contributed by atoms with E-state index in [2.05, 4.69) is 22.2 Å². The Morgan fingerprint density at radius 2 is 1.93 bits per heavy atom. The van der Waals surface area contributed by atoms with Crippen LogP contribution in [0, 0.1) is 23.2 Å². The molecule has 5 rings (SSSR count). The lowest BCUT2D eigenvalue weighted by molar-refractivity contribution is 0.0259. The number of aromatic nitrogens is 4. The molecule has 2 aliphatic rings. The first kappa shape index (κ1) is 28.2. The molecule has 0 aliphatic heterocycles. The largest absolute Gasteiger partial charge is 0.411 e. The Morgan fingerprint density at radius 3 is 2.58 bits per heavy atom. The minimum atomic E-state index is -1.10. The fraction of sp³-hybridized carbons (Fsp3) is 0.500. The molecule has 212 valence electrons. The van der Waals surface area contributed by atoms with Crippen molar-refractivity contribution in [3.63, 3.8) is 0 Å². The number of benzene rings is 1. The molecule has 1 unspecified atom stereocenters. The van der Waals surface area contributed by atoms with Gasteiger partial charge in [0.2, 0.25) is 5.82 Å². The van der Waals surface area contributed by atoms with Gasteiger partial charge in [0.25, 0.3) is 5.90 Å². The number of hydrogen-bond acceptors (Lipinski definition) is 7. The summed E-state index contributed by atoms with van der Waals surface area (Å²) in [7, 11) is 1.75. The Bertz CT molecular complexity index is 1390. The Labute approximate surface area is 239 Å². The number of primary amides is 1. The SMILES string of the molecule is C=CC1CCC(Cn2c(C(OC)C3CCCCC3)nc3nc(C(=N)OC(N)=O)nc(-c4cccc(Cl)c4)c32)CC1. The van der Waals surface area contributed by atoms with Crippen LogP contribution in [0.25, 0.3) is 22.4 Å². The Kier molecular flexibility index (Phi) is 8.81. The maximum Gasteiger partial charge on any atom is 0.411 e. The van der Waals surface area contributed by atoms with Crippen molar-refractivity contribution < 1.29 is 14.3 Å². The maximum atomic E-state index is 11.4. The number of nitrogens with one attached hydrogen (secondary N) is 1. The molecule has 1 aromatic carbocycles.